The van der Waals surface area contributed by atoms with Gasteiger partial charge in [0.1, 0.15) is 12.2 Å². The third-order valence-electron chi connectivity index (χ3n) is 7.23. The van der Waals surface area contributed by atoms with Crippen LogP contribution in [0, 0.1) is 5.41 Å². The van der Waals surface area contributed by atoms with Gasteiger partial charge in [-0.15, -0.1) is 0 Å². The highest BCUT2D eigenvalue weighted by atomic mass is 16.5. The maximum absolute atomic E-state index is 11.6. The van der Waals surface area contributed by atoms with Crippen molar-refractivity contribution in [3.05, 3.63) is 0 Å². The second kappa shape index (κ2) is 24.3. The molecule has 1 unspecified atom stereocenters. The number of aliphatic hydroxyl groups excluding tert-OH is 3. The molecule has 7 nitrogen and oxygen atoms in total. The van der Waals surface area contributed by atoms with Gasteiger partial charge in [-0.25, -0.2) is 0 Å². The molecular weight excluding hydrogens is 472 g/mol. The molecule has 0 heterocycles. The lowest BCUT2D eigenvalue weighted by Crippen LogP contribution is -2.44. The molecule has 0 bridgehead atoms. The van der Waals surface area contributed by atoms with E-state index in [1.54, 1.807) is 0 Å². The lowest BCUT2D eigenvalue weighted by molar-refractivity contribution is -0.156. The van der Waals surface area contributed by atoms with Crippen molar-refractivity contribution in [1.29, 1.82) is 0 Å². The summed E-state index contributed by atoms with van der Waals surface area (Å²) in [5, 5.41) is 39.8. The zero-order valence-electron chi connectivity index (χ0n) is 24.2. The van der Waals surface area contributed by atoms with Crippen LogP contribution in [0.4, 0.5) is 0 Å². The molecule has 7 heteroatoms. The first kappa shape index (κ1) is 36.3. The molecule has 0 saturated heterocycles. The molecule has 222 valence electrons. The van der Waals surface area contributed by atoms with Crippen molar-refractivity contribution in [3.63, 3.8) is 0 Å². The fourth-order valence-electron chi connectivity index (χ4n) is 4.44. The Morgan fingerprint density at radius 1 is 0.595 bits per heavy atom. The topological polar surface area (TPSA) is 116 Å². The van der Waals surface area contributed by atoms with Crippen LogP contribution in [0.25, 0.3) is 0 Å². The number of aliphatic hydroxyl groups is 4. The van der Waals surface area contributed by atoms with E-state index in [4.69, 9.17) is 9.47 Å². The van der Waals surface area contributed by atoms with Crippen LogP contribution in [0.15, 0.2) is 0 Å². The minimum atomic E-state index is -1.36. The molecule has 0 aliphatic heterocycles. The molecule has 0 aliphatic carbocycles. The van der Waals surface area contributed by atoms with Gasteiger partial charge in [-0.2, -0.15) is 0 Å². The maximum Gasteiger partial charge on any atom is 0.305 e. The quantitative estimate of drug-likeness (QED) is 0.0755. The zero-order valence-corrected chi connectivity index (χ0v) is 24.2. The SMILES string of the molecule is CCCCCCCCCCCCCCCCCCC(O)(CO)COCC(CO)(CO)COC(=O)CCC. The van der Waals surface area contributed by atoms with Crippen molar-refractivity contribution < 1.29 is 34.7 Å². The van der Waals surface area contributed by atoms with Crippen molar-refractivity contribution in [3.8, 4) is 0 Å². The molecule has 0 saturated carbocycles. The number of ether oxygens (including phenoxy) is 2. The fraction of sp³-hybridized carbons (Fsp3) is 0.967. The van der Waals surface area contributed by atoms with Gasteiger partial charge in [0, 0.05) is 6.42 Å². The summed E-state index contributed by atoms with van der Waals surface area (Å²) in [6.45, 7) is 2.54. The minimum Gasteiger partial charge on any atom is -0.465 e. The summed E-state index contributed by atoms with van der Waals surface area (Å²) < 4.78 is 10.7. The van der Waals surface area contributed by atoms with Crippen molar-refractivity contribution in [2.24, 2.45) is 5.41 Å². The number of rotatable bonds is 28. The van der Waals surface area contributed by atoms with E-state index >= 15 is 0 Å². The smallest absolute Gasteiger partial charge is 0.305 e. The predicted molar refractivity (Wildman–Crippen MR) is 149 cm³/mol. The highest BCUT2D eigenvalue weighted by molar-refractivity contribution is 5.69. The van der Waals surface area contributed by atoms with Crippen LogP contribution in [0.1, 0.15) is 136 Å². The molecule has 0 fully saturated rings. The van der Waals surface area contributed by atoms with Crippen LogP contribution in [-0.4, -0.2) is 71.6 Å². The summed E-state index contributed by atoms with van der Waals surface area (Å²) in [5.74, 6) is -0.385. The van der Waals surface area contributed by atoms with E-state index in [-0.39, 0.29) is 32.2 Å². The van der Waals surface area contributed by atoms with Crippen LogP contribution < -0.4 is 0 Å². The van der Waals surface area contributed by atoms with Gasteiger partial charge in [0.2, 0.25) is 0 Å². The number of carbonyl (C=O) groups excluding carboxylic acids is 1. The first-order valence-corrected chi connectivity index (χ1v) is 15.2. The summed E-state index contributed by atoms with van der Waals surface area (Å²) in [6.07, 6.45) is 21.8. The Bertz CT molecular complexity index is 510. The maximum atomic E-state index is 11.6. The van der Waals surface area contributed by atoms with E-state index in [1.807, 2.05) is 6.92 Å². The number of esters is 1. The van der Waals surface area contributed by atoms with Crippen LogP contribution in [0.2, 0.25) is 0 Å². The third kappa shape index (κ3) is 19.9. The lowest BCUT2D eigenvalue weighted by atomic mass is 9.92. The van der Waals surface area contributed by atoms with Crippen LogP contribution in [0.3, 0.4) is 0 Å². The van der Waals surface area contributed by atoms with E-state index in [2.05, 4.69) is 6.92 Å². The first-order chi connectivity index (χ1) is 17.9. The predicted octanol–water partition coefficient (Wildman–Crippen LogP) is 5.69. The fourth-order valence-corrected chi connectivity index (χ4v) is 4.44. The third-order valence-corrected chi connectivity index (χ3v) is 7.23. The highest BCUT2D eigenvalue weighted by Gasteiger charge is 2.33. The van der Waals surface area contributed by atoms with Crippen molar-refractivity contribution in [2.75, 3.05) is 39.6 Å². The standard InChI is InChI=1S/C30H60O7/c1-3-5-6-7-8-9-10-11-12-13-14-15-16-17-18-19-21-30(35,24-33)27-36-25-29(22-31,23-32)26-37-28(34)20-4-2/h31-33,35H,3-27H2,1-2H3. The summed E-state index contributed by atoms with van der Waals surface area (Å²) in [6, 6.07) is 0. The second-order valence-corrected chi connectivity index (χ2v) is 11.2. The van der Waals surface area contributed by atoms with Gasteiger partial charge < -0.3 is 29.9 Å². The summed E-state index contributed by atoms with van der Waals surface area (Å²) in [7, 11) is 0. The van der Waals surface area contributed by atoms with Crippen LogP contribution in [0.5, 0.6) is 0 Å². The lowest BCUT2D eigenvalue weighted by Gasteiger charge is -2.31. The highest BCUT2D eigenvalue weighted by Crippen LogP contribution is 2.21. The number of hydrogen-bond donors (Lipinski definition) is 4. The average Bonchev–Trinajstić information content (AvgIpc) is 2.90. The molecule has 37 heavy (non-hydrogen) atoms. The van der Waals surface area contributed by atoms with E-state index in [9.17, 15) is 25.2 Å². The minimum absolute atomic E-state index is 0.0827. The Labute approximate surface area is 227 Å². The Morgan fingerprint density at radius 3 is 1.46 bits per heavy atom. The average molecular weight is 533 g/mol. The molecule has 0 rings (SSSR count). The van der Waals surface area contributed by atoms with E-state index < -0.39 is 30.8 Å². The Balaban J connectivity index is 3.88. The molecule has 0 amide bonds. The number of hydrogen-bond acceptors (Lipinski definition) is 7. The zero-order chi connectivity index (χ0) is 27.7. The largest absolute Gasteiger partial charge is 0.465 e. The monoisotopic (exact) mass is 532 g/mol. The molecule has 0 aromatic rings. The van der Waals surface area contributed by atoms with Gasteiger partial charge in [-0.1, -0.05) is 117 Å². The first-order valence-electron chi connectivity index (χ1n) is 15.2. The molecule has 0 aromatic carbocycles. The molecule has 1 atom stereocenters. The van der Waals surface area contributed by atoms with Crippen LogP contribution >= 0.6 is 0 Å². The molecular formula is C30H60O7. The summed E-state index contributed by atoms with van der Waals surface area (Å²) in [4.78, 5) is 11.6. The van der Waals surface area contributed by atoms with E-state index in [0.29, 0.717) is 12.8 Å². The van der Waals surface area contributed by atoms with Gasteiger partial charge in [0.05, 0.1) is 38.4 Å². The molecule has 0 radical (unpaired) electrons. The Kier molecular flexibility index (Phi) is 23.8. The van der Waals surface area contributed by atoms with Gasteiger partial charge in [-0.3, -0.25) is 4.79 Å². The van der Waals surface area contributed by atoms with Gasteiger partial charge in [-0.05, 0) is 12.8 Å². The Hall–Kier alpha value is -0.730. The van der Waals surface area contributed by atoms with Crippen molar-refractivity contribution >= 4 is 5.97 Å². The van der Waals surface area contributed by atoms with E-state index in [0.717, 1.165) is 19.3 Å². The number of unbranched alkanes of at least 4 members (excludes halogenated alkanes) is 15. The second-order valence-electron chi connectivity index (χ2n) is 11.2. The Morgan fingerprint density at radius 2 is 1.05 bits per heavy atom. The normalized spacial score (nSPS) is 13.6. The van der Waals surface area contributed by atoms with E-state index in [1.165, 1.54) is 83.5 Å². The van der Waals surface area contributed by atoms with Gasteiger partial charge >= 0.3 is 5.97 Å². The van der Waals surface area contributed by atoms with Gasteiger partial charge in [0.25, 0.3) is 0 Å². The summed E-state index contributed by atoms with van der Waals surface area (Å²) in [5.41, 5.74) is -2.49. The number of carbonyl (C=O) groups is 1. The molecule has 0 aliphatic rings. The van der Waals surface area contributed by atoms with Crippen molar-refractivity contribution in [1.82, 2.24) is 0 Å². The van der Waals surface area contributed by atoms with Crippen LogP contribution in [-0.2, 0) is 14.3 Å². The van der Waals surface area contributed by atoms with Crippen molar-refractivity contribution in [2.45, 2.75) is 141 Å². The molecule has 4 N–H and O–H groups in total. The molecule has 0 spiro atoms. The van der Waals surface area contributed by atoms with Gasteiger partial charge in [0.15, 0.2) is 0 Å². The summed E-state index contributed by atoms with van der Waals surface area (Å²) >= 11 is 0. The molecule has 0 aromatic heterocycles.